The maximum atomic E-state index is 2.57. The molecule has 0 amide bonds. The van der Waals surface area contributed by atoms with Crippen LogP contribution < -0.4 is 0 Å². The molecule has 1 rings (SSSR count). The standard InChI is InChI=1S/C12H23N/c1-10(2)6-5-8-13-9-7-12(13)11(3)4/h5-6,10-12H,7-9H2,1-4H3/b6-5+/t12-/m0/s1. The van der Waals surface area contributed by atoms with Crippen LogP contribution in [0.4, 0.5) is 0 Å². The highest BCUT2D eigenvalue weighted by molar-refractivity contribution is 4.93. The average molecular weight is 181 g/mol. The van der Waals surface area contributed by atoms with Gasteiger partial charge in [-0.05, 0) is 18.3 Å². The summed E-state index contributed by atoms with van der Waals surface area (Å²) >= 11 is 0. The van der Waals surface area contributed by atoms with Crippen LogP contribution in [0, 0.1) is 11.8 Å². The molecule has 1 saturated heterocycles. The molecular formula is C12H23N. The molecule has 76 valence electrons. The van der Waals surface area contributed by atoms with E-state index in [4.69, 9.17) is 0 Å². The van der Waals surface area contributed by atoms with E-state index < -0.39 is 0 Å². The Bertz CT molecular complexity index is 170. The maximum Gasteiger partial charge on any atom is 0.0166 e. The molecule has 0 saturated carbocycles. The summed E-state index contributed by atoms with van der Waals surface area (Å²) < 4.78 is 0. The van der Waals surface area contributed by atoms with E-state index in [-0.39, 0.29) is 0 Å². The lowest BCUT2D eigenvalue weighted by molar-refractivity contribution is 0.0694. The van der Waals surface area contributed by atoms with Crippen LogP contribution in [-0.4, -0.2) is 24.0 Å². The van der Waals surface area contributed by atoms with Crippen LogP contribution in [0.1, 0.15) is 34.1 Å². The van der Waals surface area contributed by atoms with Crippen LogP contribution >= 0.6 is 0 Å². The van der Waals surface area contributed by atoms with Gasteiger partial charge in [-0.2, -0.15) is 0 Å². The van der Waals surface area contributed by atoms with Gasteiger partial charge < -0.3 is 0 Å². The first-order valence-corrected chi connectivity index (χ1v) is 5.52. The summed E-state index contributed by atoms with van der Waals surface area (Å²) in [6, 6.07) is 0.844. The molecule has 1 aliphatic heterocycles. The van der Waals surface area contributed by atoms with Gasteiger partial charge in [0.15, 0.2) is 0 Å². The van der Waals surface area contributed by atoms with Gasteiger partial charge in [-0.1, -0.05) is 39.8 Å². The Morgan fingerprint density at radius 3 is 2.38 bits per heavy atom. The largest absolute Gasteiger partial charge is 0.296 e. The summed E-state index contributed by atoms with van der Waals surface area (Å²) in [5.74, 6) is 1.51. The molecule has 0 unspecified atom stereocenters. The number of hydrogen-bond acceptors (Lipinski definition) is 1. The lowest BCUT2D eigenvalue weighted by Crippen LogP contribution is -2.50. The fraction of sp³-hybridized carbons (Fsp3) is 0.833. The zero-order valence-electron chi connectivity index (χ0n) is 9.46. The van der Waals surface area contributed by atoms with Crippen LogP contribution in [0.3, 0.4) is 0 Å². The molecular weight excluding hydrogens is 158 g/mol. The number of allylic oxidation sites excluding steroid dienone is 1. The summed E-state index contributed by atoms with van der Waals surface area (Å²) in [7, 11) is 0. The molecule has 1 atom stereocenters. The SMILES string of the molecule is CC(C)/C=C/CN1CC[C@H]1C(C)C. The van der Waals surface area contributed by atoms with E-state index in [0.717, 1.165) is 18.5 Å². The van der Waals surface area contributed by atoms with Gasteiger partial charge in [0.2, 0.25) is 0 Å². The van der Waals surface area contributed by atoms with Gasteiger partial charge in [-0.25, -0.2) is 0 Å². The number of likely N-dealkylation sites (tertiary alicyclic amines) is 1. The smallest absolute Gasteiger partial charge is 0.0166 e. The molecule has 0 spiro atoms. The van der Waals surface area contributed by atoms with Gasteiger partial charge in [-0.15, -0.1) is 0 Å². The van der Waals surface area contributed by atoms with Gasteiger partial charge in [0.25, 0.3) is 0 Å². The van der Waals surface area contributed by atoms with Crippen LogP contribution in [0.25, 0.3) is 0 Å². The second-order valence-electron chi connectivity index (χ2n) is 4.77. The van der Waals surface area contributed by atoms with Crippen molar-refractivity contribution < 1.29 is 0 Å². The van der Waals surface area contributed by atoms with Gasteiger partial charge in [0.1, 0.15) is 0 Å². The van der Waals surface area contributed by atoms with E-state index in [0.29, 0.717) is 5.92 Å². The molecule has 1 aliphatic rings. The molecule has 1 heterocycles. The van der Waals surface area contributed by atoms with Gasteiger partial charge in [0.05, 0.1) is 0 Å². The quantitative estimate of drug-likeness (QED) is 0.603. The molecule has 1 nitrogen and oxygen atoms in total. The predicted octanol–water partition coefficient (Wildman–Crippen LogP) is 2.93. The van der Waals surface area contributed by atoms with E-state index >= 15 is 0 Å². The van der Waals surface area contributed by atoms with Crippen molar-refractivity contribution in [2.75, 3.05) is 13.1 Å². The second kappa shape index (κ2) is 4.80. The van der Waals surface area contributed by atoms with E-state index in [2.05, 4.69) is 44.7 Å². The molecule has 0 bridgehead atoms. The van der Waals surface area contributed by atoms with Crippen LogP contribution in [-0.2, 0) is 0 Å². The van der Waals surface area contributed by atoms with Crippen molar-refractivity contribution in [2.45, 2.75) is 40.2 Å². The average Bonchev–Trinajstić information content (AvgIpc) is 1.93. The predicted molar refractivity (Wildman–Crippen MR) is 58.8 cm³/mol. The molecule has 1 heteroatoms. The van der Waals surface area contributed by atoms with Gasteiger partial charge in [0, 0.05) is 19.1 Å². The molecule has 0 N–H and O–H groups in total. The lowest BCUT2D eigenvalue weighted by atomic mass is 9.92. The Morgan fingerprint density at radius 1 is 1.31 bits per heavy atom. The Hall–Kier alpha value is -0.300. The van der Waals surface area contributed by atoms with E-state index in [1.807, 2.05) is 0 Å². The summed E-state index contributed by atoms with van der Waals surface area (Å²) in [5.41, 5.74) is 0. The Kier molecular flexibility index (Phi) is 3.98. The van der Waals surface area contributed by atoms with Crippen molar-refractivity contribution in [3.05, 3.63) is 12.2 Å². The van der Waals surface area contributed by atoms with Crippen molar-refractivity contribution in [1.82, 2.24) is 4.90 Å². The highest BCUT2D eigenvalue weighted by atomic mass is 15.2. The third kappa shape index (κ3) is 3.15. The molecule has 0 aromatic heterocycles. The zero-order valence-corrected chi connectivity index (χ0v) is 9.46. The highest BCUT2D eigenvalue weighted by Gasteiger charge is 2.28. The van der Waals surface area contributed by atoms with Crippen molar-refractivity contribution >= 4 is 0 Å². The minimum Gasteiger partial charge on any atom is -0.296 e. The maximum absolute atomic E-state index is 2.57. The summed E-state index contributed by atoms with van der Waals surface area (Å²) in [6.07, 6.45) is 6.02. The number of rotatable bonds is 4. The number of nitrogens with zero attached hydrogens (tertiary/aromatic N) is 1. The first-order chi connectivity index (χ1) is 6.11. The van der Waals surface area contributed by atoms with Gasteiger partial charge in [-0.3, -0.25) is 4.90 Å². The highest BCUT2D eigenvalue weighted by Crippen LogP contribution is 2.23. The summed E-state index contributed by atoms with van der Waals surface area (Å²) in [6.45, 7) is 11.6. The zero-order chi connectivity index (χ0) is 9.84. The normalized spacial score (nSPS) is 24.6. The first-order valence-electron chi connectivity index (χ1n) is 5.52. The molecule has 1 fully saturated rings. The van der Waals surface area contributed by atoms with E-state index in [1.165, 1.54) is 13.0 Å². The third-order valence-electron chi connectivity index (χ3n) is 2.81. The lowest BCUT2D eigenvalue weighted by Gasteiger charge is -2.43. The summed E-state index contributed by atoms with van der Waals surface area (Å²) in [5, 5.41) is 0. The monoisotopic (exact) mass is 181 g/mol. The van der Waals surface area contributed by atoms with Crippen molar-refractivity contribution in [3.63, 3.8) is 0 Å². The topological polar surface area (TPSA) is 3.24 Å². The minimum absolute atomic E-state index is 0.693. The Morgan fingerprint density at radius 2 is 2.00 bits per heavy atom. The molecule has 0 aromatic carbocycles. The van der Waals surface area contributed by atoms with Gasteiger partial charge >= 0.3 is 0 Å². The van der Waals surface area contributed by atoms with E-state index in [1.54, 1.807) is 0 Å². The molecule has 0 aliphatic carbocycles. The first kappa shape index (κ1) is 10.8. The van der Waals surface area contributed by atoms with Crippen LogP contribution in [0.15, 0.2) is 12.2 Å². The van der Waals surface area contributed by atoms with Crippen LogP contribution in [0.2, 0.25) is 0 Å². The van der Waals surface area contributed by atoms with Crippen molar-refractivity contribution in [2.24, 2.45) is 11.8 Å². The molecule has 0 radical (unpaired) electrons. The van der Waals surface area contributed by atoms with Crippen LogP contribution in [0.5, 0.6) is 0 Å². The molecule has 0 aromatic rings. The fourth-order valence-electron chi connectivity index (χ4n) is 1.91. The third-order valence-corrected chi connectivity index (χ3v) is 2.81. The van der Waals surface area contributed by atoms with Crippen molar-refractivity contribution in [1.29, 1.82) is 0 Å². The Labute approximate surface area is 82.8 Å². The molecule has 13 heavy (non-hydrogen) atoms. The van der Waals surface area contributed by atoms with Crippen molar-refractivity contribution in [3.8, 4) is 0 Å². The number of hydrogen-bond donors (Lipinski definition) is 0. The fourth-order valence-corrected chi connectivity index (χ4v) is 1.91. The Balaban J connectivity index is 2.23. The summed E-state index contributed by atoms with van der Waals surface area (Å²) in [4.78, 5) is 2.57. The second-order valence-corrected chi connectivity index (χ2v) is 4.77. The minimum atomic E-state index is 0.693. The van der Waals surface area contributed by atoms with E-state index in [9.17, 15) is 0 Å².